The fourth-order valence-corrected chi connectivity index (χ4v) is 2.80. The van der Waals surface area contributed by atoms with E-state index in [9.17, 15) is 13.2 Å². The number of nitrogens with zero attached hydrogens (tertiary/aromatic N) is 2. The summed E-state index contributed by atoms with van der Waals surface area (Å²) in [5, 5.41) is 12.3. The molecular formula is C11H19N3O4S. The van der Waals surface area contributed by atoms with Crippen LogP contribution in [0.2, 0.25) is 0 Å². The maximum absolute atomic E-state index is 12.1. The van der Waals surface area contributed by atoms with E-state index >= 15 is 0 Å². The second kappa shape index (κ2) is 6.16. The molecule has 0 aromatic carbocycles. The summed E-state index contributed by atoms with van der Waals surface area (Å²) in [7, 11) is -3.66. The number of hydrogen-bond donors (Lipinski definition) is 2. The molecule has 108 valence electrons. The van der Waals surface area contributed by atoms with E-state index in [0.717, 1.165) is 17.3 Å². The number of nitrogens with one attached hydrogen (secondary N) is 1. The first kappa shape index (κ1) is 15.6. The van der Waals surface area contributed by atoms with Crippen LogP contribution in [0.25, 0.3) is 0 Å². The molecule has 0 radical (unpaired) electrons. The minimum absolute atomic E-state index is 0.0242. The van der Waals surface area contributed by atoms with Gasteiger partial charge in [-0.25, -0.2) is 13.1 Å². The van der Waals surface area contributed by atoms with Gasteiger partial charge in [0.15, 0.2) is 0 Å². The average molecular weight is 289 g/mol. The zero-order valence-electron chi connectivity index (χ0n) is 11.2. The number of carbonyl (C=O) groups is 1. The van der Waals surface area contributed by atoms with Crippen LogP contribution in [0.3, 0.4) is 0 Å². The lowest BCUT2D eigenvalue weighted by molar-refractivity contribution is -0.137. The lowest BCUT2D eigenvalue weighted by atomic mass is 10.0. The van der Waals surface area contributed by atoms with Crippen LogP contribution in [0.4, 0.5) is 0 Å². The van der Waals surface area contributed by atoms with E-state index in [-0.39, 0.29) is 23.4 Å². The largest absolute Gasteiger partial charge is 0.480 e. The van der Waals surface area contributed by atoms with Crippen LogP contribution in [0, 0.1) is 5.92 Å². The smallest absolute Gasteiger partial charge is 0.325 e. The summed E-state index contributed by atoms with van der Waals surface area (Å²) in [6.45, 7) is 5.38. The van der Waals surface area contributed by atoms with Crippen molar-refractivity contribution in [3.8, 4) is 0 Å². The number of hydrogen-bond acceptors (Lipinski definition) is 4. The molecule has 19 heavy (non-hydrogen) atoms. The highest BCUT2D eigenvalue weighted by atomic mass is 32.2. The molecule has 1 heterocycles. The third-order valence-corrected chi connectivity index (χ3v) is 4.57. The molecule has 7 nitrogen and oxygen atoms in total. The molecule has 0 aliphatic heterocycles. The Hall–Kier alpha value is -1.41. The summed E-state index contributed by atoms with van der Waals surface area (Å²) >= 11 is 0. The quantitative estimate of drug-likeness (QED) is 0.768. The van der Waals surface area contributed by atoms with Gasteiger partial charge >= 0.3 is 5.97 Å². The summed E-state index contributed by atoms with van der Waals surface area (Å²) in [6.07, 6.45) is 3.22. The van der Waals surface area contributed by atoms with Crippen molar-refractivity contribution in [1.82, 2.24) is 14.5 Å². The summed E-state index contributed by atoms with van der Waals surface area (Å²) < 4.78 is 27.7. The van der Waals surface area contributed by atoms with Crippen molar-refractivity contribution in [2.24, 2.45) is 5.92 Å². The number of aliphatic carboxylic acids is 1. The molecule has 0 spiro atoms. The second-order valence-corrected chi connectivity index (χ2v) is 6.28. The van der Waals surface area contributed by atoms with Gasteiger partial charge in [-0.05, 0) is 12.8 Å². The van der Waals surface area contributed by atoms with Gasteiger partial charge in [-0.2, -0.15) is 5.10 Å². The van der Waals surface area contributed by atoms with Gasteiger partial charge in [0.1, 0.15) is 11.4 Å². The van der Waals surface area contributed by atoms with Crippen molar-refractivity contribution in [1.29, 1.82) is 0 Å². The fourth-order valence-electron chi connectivity index (χ4n) is 1.49. The molecule has 1 aromatic heterocycles. The predicted molar refractivity (Wildman–Crippen MR) is 69.1 cm³/mol. The molecule has 0 saturated heterocycles. The number of aromatic nitrogens is 2. The Bertz CT molecular complexity index is 538. The summed E-state index contributed by atoms with van der Waals surface area (Å²) in [4.78, 5) is 10.5. The molecule has 0 aliphatic carbocycles. The van der Waals surface area contributed by atoms with Crippen molar-refractivity contribution in [3.63, 3.8) is 0 Å². The monoisotopic (exact) mass is 289 g/mol. The van der Waals surface area contributed by atoms with Gasteiger partial charge in [-0.3, -0.25) is 9.48 Å². The Kier molecular flexibility index (Phi) is 5.07. The van der Waals surface area contributed by atoms with Gasteiger partial charge in [-0.1, -0.05) is 20.3 Å². The number of carboxylic acid groups (broad SMARTS) is 1. The third-order valence-electron chi connectivity index (χ3n) is 3.06. The third kappa shape index (κ3) is 4.32. The first-order valence-corrected chi connectivity index (χ1v) is 7.51. The molecule has 0 amide bonds. The number of rotatable bonds is 7. The summed E-state index contributed by atoms with van der Waals surface area (Å²) in [5.74, 6) is -0.864. The van der Waals surface area contributed by atoms with Crippen molar-refractivity contribution < 1.29 is 18.3 Å². The van der Waals surface area contributed by atoms with Crippen molar-refractivity contribution in [2.45, 2.75) is 44.7 Å². The van der Waals surface area contributed by atoms with E-state index < -0.39 is 16.0 Å². The SMILES string of the molecule is CCC(C)C(C)NS(=O)(=O)c1cnn(CC(=O)O)c1. The van der Waals surface area contributed by atoms with Crippen molar-refractivity contribution in [2.75, 3.05) is 0 Å². The maximum Gasteiger partial charge on any atom is 0.325 e. The standard InChI is InChI=1S/C11H19N3O4S/c1-4-8(2)9(3)13-19(17,18)10-5-12-14(6-10)7-11(15)16/h5-6,8-9,13H,4,7H2,1-3H3,(H,15,16). The lowest BCUT2D eigenvalue weighted by Crippen LogP contribution is -2.36. The minimum Gasteiger partial charge on any atom is -0.480 e. The molecule has 8 heteroatoms. The fraction of sp³-hybridized carbons (Fsp3) is 0.636. The van der Waals surface area contributed by atoms with E-state index in [1.165, 1.54) is 6.20 Å². The molecule has 0 aliphatic rings. The number of carboxylic acids is 1. The van der Waals surface area contributed by atoms with E-state index in [1.807, 2.05) is 13.8 Å². The highest BCUT2D eigenvalue weighted by Crippen LogP contribution is 2.12. The van der Waals surface area contributed by atoms with E-state index in [4.69, 9.17) is 5.11 Å². The Morgan fingerprint density at radius 1 is 1.53 bits per heavy atom. The highest BCUT2D eigenvalue weighted by molar-refractivity contribution is 7.89. The first-order valence-electron chi connectivity index (χ1n) is 6.02. The van der Waals surface area contributed by atoms with E-state index in [1.54, 1.807) is 6.92 Å². The Balaban J connectivity index is 2.83. The van der Waals surface area contributed by atoms with Gasteiger partial charge in [0.2, 0.25) is 10.0 Å². The normalized spacial score (nSPS) is 15.1. The van der Waals surface area contributed by atoms with Crippen LogP contribution < -0.4 is 4.72 Å². The topological polar surface area (TPSA) is 101 Å². The van der Waals surface area contributed by atoms with Gasteiger partial charge in [0.25, 0.3) is 0 Å². The Labute approximate surface area is 112 Å². The minimum atomic E-state index is -3.66. The molecule has 0 fully saturated rings. The predicted octanol–water partition coefficient (Wildman–Crippen LogP) is 0.681. The van der Waals surface area contributed by atoms with Gasteiger partial charge in [-0.15, -0.1) is 0 Å². The van der Waals surface area contributed by atoms with Gasteiger partial charge in [0, 0.05) is 12.2 Å². The van der Waals surface area contributed by atoms with E-state index in [2.05, 4.69) is 9.82 Å². The zero-order valence-corrected chi connectivity index (χ0v) is 12.0. The molecule has 1 aromatic rings. The molecule has 0 bridgehead atoms. The van der Waals surface area contributed by atoms with Crippen LogP contribution in [0.15, 0.2) is 17.3 Å². The lowest BCUT2D eigenvalue weighted by Gasteiger charge is -2.19. The van der Waals surface area contributed by atoms with Gasteiger partial charge < -0.3 is 5.11 Å². The molecule has 2 unspecified atom stereocenters. The Morgan fingerprint density at radius 3 is 2.68 bits per heavy atom. The summed E-state index contributed by atoms with van der Waals surface area (Å²) in [5.41, 5.74) is 0. The van der Waals surface area contributed by atoms with Crippen molar-refractivity contribution in [3.05, 3.63) is 12.4 Å². The molecule has 0 saturated carbocycles. The van der Waals surface area contributed by atoms with Crippen LogP contribution in [0.5, 0.6) is 0 Å². The highest BCUT2D eigenvalue weighted by Gasteiger charge is 2.22. The molecular weight excluding hydrogens is 270 g/mol. The zero-order chi connectivity index (χ0) is 14.6. The van der Waals surface area contributed by atoms with Crippen molar-refractivity contribution >= 4 is 16.0 Å². The molecule has 1 rings (SSSR count). The number of sulfonamides is 1. The van der Waals surface area contributed by atoms with Crippen LogP contribution in [-0.4, -0.2) is 35.3 Å². The maximum atomic E-state index is 12.1. The molecule has 2 N–H and O–H groups in total. The first-order chi connectivity index (χ1) is 8.76. The average Bonchev–Trinajstić information content (AvgIpc) is 2.75. The molecule has 2 atom stereocenters. The van der Waals surface area contributed by atoms with Crippen LogP contribution in [0.1, 0.15) is 27.2 Å². The van der Waals surface area contributed by atoms with E-state index in [0.29, 0.717) is 0 Å². The van der Waals surface area contributed by atoms with Crippen LogP contribution >= 0.6 is 0 Å². The Morgan fingerprint density at radius 2 is 2.16 bits per heavy atom. The second-order valence-electron chi connectivity index (χ2n) is 4.56. The van der Waals surface area contributed by atoms with Gasteiger partial charge in [0.05, 0.1) is 6.20 Å². The summed E-state index contributed by atoms with van der Waals surface area (Å²) in [6, 6.07) is -0.196. The van der Waals surface area contributed by atoms with Crippen LogP contribution in [-0.2, 0) is 21.4 Å².